The van der Waals surface area contributed by atoms with Gasteiger partial charge >= 0.3 is 0 Å². The van der Waals surface area contributed by atoms with Gasteiger partial charge in [0.2, 0.25) is 10.0 Å². The minimum Gasteiger partial charge on any atom is -0.319 e. The van der Waals surface area contributed by atoms with Crippen LogP contribution in [0.5, 0.6) is 0 Å². The lowest BCUT2D eigenvalue weighted by atomic mass is 10.2. The van der Waals surface area contributed by atoms with Gasteiger partial charge in [0, 0.05) is 12.7 Å². The van der Waals surface area contributed by atoms with Gasteiger partial charge < -0.3 is 5.32 Å². The second-order valence-corrected chi connectivity index (χ2v) is 8.36. The highest BCUT2D eigenvalue weighted by Gasteiger charge is 2.33. The van der Waals surface area contributed by atoms with E-state index in [0.717, 1.165) is 5.56 Å². The predicted octanol–water partition coefficient (Wildman–Crippen LogP) is 2.35. The second kappa shape index (κ2) is 6.84. The molecule has 0 aliphatic carbocycles. The van der Waals surface area contributed by atoms with E-state index in [1.165, 1.54) is 10.6 Å². The number of sulfonamides is 1. The van der Waals surface area contributed by atoms with E-state index in [4.69, 9.17) is 0 Å². The lowest BCUT2D eigenvalue weighted by molar-refractivity contribution is 0.102. The van der Waals surface area contributed by atoms with Crippen molar-refractivity contribution in [3.05, 3.63) is 66.0 Å². The summed E-state index contributed by atoms with van der Waals surface area (Å²) < 4.78 is 29.1. The lowest BCUT2D eigenvalue weighted by Crippen LogP contribution is -2.30. The van der Waals surface area contributed by atoms with Gasteiger partial charge in [-0.1, -0.05) is 19.1 Å². The molecule has 8 nitrogen and oxygen atoms in total. The first-order valence-electron chi connectivity index (χ1n) is 8.81. The molecule has 0 atom stereocenters. The van der Waals surface area contributed by atoms with Crippen molar-refractivity contribution < 1.29 is 13.2 Å². The molecule has 0 radical (unpaired) electrons. The van der Waals surface area contributed by atoms with E-state index in [-0.39, 0.29) is 23.7 Å². The number of hydrogen-bond acceptors (Lipinski definition) is 5. The van der Waals surface area contributed by atoms with Crippen LogP contribution in [0.15, 0.2) is 53.9 Å². The van der Waals surface area contributed by atoms with Gasteiger partial charge in [0.25, 0.3) is 5.91 Å². The number of benzene rings is 1. The van der Waals surface area contributed by atoms with Gasteiger partial charge in [-0.15, -0.1) is 0 Å². The Balaban J connectivity index is 1.82. The van der Waals surface area contributed by atoms with E-state index in [1.807, 2.05) is 6.92 Å². The van der Waals surface area contributed by atoms with Gasteiger partial charge in [-0.05, 0) is 30.7 Å². The smallest absolute Gasteiger partial charge is 0.276 e. The molecular weight excluding hydrogens is 378 g/mol. The number of nitrogens with one attached hydrogen (secondary N) is 1. The van der Waals surface area contributed by atoms with Crippen LogP contribution in [0.3, 0.4) is 0 Å². The maximum Gasteiger partial charge on any atom is 0.276 e. The van der Waals surface area contributed by atoms with Crippen LogP contribution >= 0.6 is 0 Å². The Morgan fingerprint density at radius 3 is 2.79 bits per heavy atom. The summed E-state index contributed by atoms with van der Waals surface area (Å²) in [6.45, 7) is 3.98. The van der Waals surface area contributed by atoms with Gasteiger partial charge in [-0.2, -0.15) is 4.31 Å². The molecule has 1 amide bonds. The molecule has 1 aromatic carbocycles. The molecule has 0 bridgehead atoms. The Morgan fingerprint density at radius 2 is 2.04 bits per heavy atom. The fourth-order valence-electron chi connectivity index (χ4n) is 3.25. The number of nitrogens with zero attached hydrogens (tertiary/aromatic N) is 4. The molecule has 0 saturated heterocycles. The number of carbonyl (C=O) groups is 1. The summed E-state index contributed by atoms with van der Waals surface area (Å²) in [6.07, 6.45) is 4.71. The summed E-state index contributed by atoms with van der Waals surface area (Å²) in [5, 5.41) is 2.82. The standard InChI is InChI=1S/C19H19N5O3S/c1-3-23-11-16-18(19(25)22-14-10-20-9-8-13(14)2)21-12-24(16)15-6-4-5-7-17(15)28(23,26)27/h4-10,12H,3,11H2,1-2H3,(H,22,25). The molecule has 3 aromatic rings. The molecule has 9 heteroatoms. The number of amides is 1. The first-order chi connectivity index (χ1) is 13.4. The molecule has 4 rings (SSSR count). The molecule has 1 N–H and O–H groups in total. The topological polar surface area (TPSA) is 97.2 Å². The molecule has 3 heterocycles. The lowest BCUT2D eigenvalue weighted by Gasteiger charge is -2.18. The number of anilines is 1. The number of imidazole rings is 1. The van der Waals surface area contributed by atoms with Crippen molar-refractivity contribution in [2.45, 2.75) is 25.3 Å². The molecule has 1 aliphatic heterocycles. The monoisotopic (exact) mass is 397 g/mol. The third-order valence-corrected chi connectivity index (χ3v) is 6.76. The molecule has 28 heavy (non-hydrogen) atoms. The predicted molar refractivity (Wildman–Crippen MR) is 104 cm³/mol. The van der Waals surface area contributed by atoms with E-state index < -0.39 is 15.9 Å². The van der Waals surface area contributed by atoms with Gasteiger partial charge in [0.05, 0.1) is 29.8 Å². The van der Waals surface area contributed by atoms with Crippen molar-refractivity contribution in [2.24, 2.45) is 0 Å². The van der Waals surface area contributed by atoms with Crippen molar-refractivity contribution in [1.29, 1.82) is 0 Å². The van der Waals surface area contributed by atoms with Crippen LogP contribution in [-0.4, -0.2) is 39.7 Å². The number of hydrogen-bond donors (Lipinski definition) is 1. The van der Waals surface area contributed by atoms with Crippen LogP contribution < -0.4 is 5.32 Å². The third-order valence-electron chi connectivity index (χ3n) is 4.79. The average Bonchev–Trinajstić information content (AvgIpc) is 3.07. The Labute approximate surface area is 162 Å². The van der Waals surface area contributed by atoms with E-state index in [9.17, 15) is 13.2 Å². The average molecular weight is 397 g/mol. The molecule has 0 fully saturated rings. The number of pyridine rings is 1. The summed E-state index contributed by atoms with van der Waals surface area (Å²) in [7, 11) is -3.67. The van der Waals surface area contributed by atoms with Gasteiger partial charge in [0.15, 0.2) is 5.69 Å². The first-order valence-corrected chi connectivity index (χ1v) is 10.2. The summed E-state index contributed by atoms with van der Waals surface area (Å²) in [4.78, 5) is 21.4. The van der Waals surface area contributed by atoms with E-state index in [0.29, 0.717) is 17.1 Å². The summed E-state index contributed by atoms with van der Waals surface area (Å²) in [6, 6.07) is 8.53. The van der Waals surface area contributed by atoms with Gasteiger partial charge in [0.1, 0.15) is 11.2 Å². The number of para-hydroxylation sites is 1. The fraction of sp³-hybridized carbons (Fsp3) is 0.211. The van der Waals surface area contributed by atoms with Crippen LogP contribution in [-0.2, 0) is 16.6 Å². The maximum absolute atomic E-state index is 13.0. The number of aryl methyl sites for hydroxylation is 1. The minimum atomic E-state index is -3.67. The SMILES string of the molecule is CCN1Cc2c(C(=O)Nc3cnccc3C)ncn2-c2ccccc2S1(=O)=O. The molecular formula is C19H19N5O3S. The summed E-state index contributed by atoms with van der Waals surface area (Å²) in [5.41, 5.74) is 2.65. The number of fused-ring (bicyclic) bond motifs is 3. The van der Waals surface area contributed by atoms with E-state index in [2.05, 4.69) is 15.3 Å². The molecule has 0 unspecified atom stereocenters. The van der Waals surface area contributed by atoms with Crippen LogP contribution in [0.1, 0.15) is 28.7 Å². The zero-order valence-corrected chi connectivity index (χ0v) is 16.3. The first kappa shape index (κ1) is 18.3. The van der Waals surface area contributed by atoms with Crippen LogP contribution in [0.25, 0.3) is 5.69 Å². The highest BCUT2D eigenvalue weighted by atomic mass is 32.2. The fourth-order valence-corrected chi connectivity index (χ4v) is 4.84. The van der Waals surface area contributed by atoms with Crippen LogP contribution in [0.2, 0.25) is 0 Å². The van der Waals surface area contributed by atoms with Crippen molar-refractivity contribution in [3.8, 4) is 5.69 Å². The van der Waals surface area contributed by atoms with Gasteiger partial charge in [-0.3, -0.25) is 14.3 Å². The largest absolute Gasteiger partial charge is 0.319 e. The zero-order valence-electron chi connectivity index (χ0n) is 15.5. The quantitative estimate of drug-likeness (QED) is 0.732. The molecule has 2 aromatic heterocycles. The Morgan fingerprint density at radius 1 is 1.25 bits per heavy atom. The van der Waals surface area contributed by atoms with Crippen LogP contribution in [0, 0.1) is 6.92 Å². The summed E-state index contributed by atoms with van der Waals surface area (Å²) in [5.74, 6) is -0.405. The Bertz CT molecular complexity index is 1170. The highest BCUT2D eigenvalue weighted by Crippen LogP contribution is 2.31. The van der Waals surface area contributed by atoms with Gasteiger partial charge in [-0.25, -0.2) is 13.4 Å². The second-order valence-electron chi connectivity index (χ2n) is 6.45. The zero-order chi connectivity index (χ0) is 19.9. The summed E-state index contributed by atoms with van der Waals surface area (Å²) >= 11 is 0. The van der Waals surface area contributed by atoms with Crippen LogP contribution in [0.4, 0.5) is 5.69 Å². The normalized spacial score (nSPS) is 15.4. The molecule has 0 saturated carbocycles. The maximum atomic E-state index is 13.0. The highest BCUT2D eigenvalue weighted by molar-refractivity contribution is 7.89. The van der Waals surface area contributed by atoms with Crippen molar-refractivity contribution in [3.63, 3.8) is 0 Å². The van der Waals surface area contributed by atoms with E-state index in [1.54, 1.807) is 54.2 Å². The molecule has 0 spiro atoms. The van der Waals surface area contributed by atoms with Crippen molar-refractivity contribution in [2.75, 3.05) is 11.9 Å². The number of carbonyl (C=O) groups excluding carboxylic acids is 1. The number of rotatable bonds is 3. The number of aromatic nitrogens is 3. The molecule has 144 valence electrons. The van der Waals surface area contributed by atoms with Crippen molar-refractivity contribution in [1.82, 2.24) is 18.8 Å². The van der Waals surface area contributed by atoms with Crippen molar-refractivity contribution >= 4 is 21.6 Å². The molecule has 1 aliphatic rings. The Kier molecular flexibility index (Phi) is 4.48. The Hall–Kier alpha value is -3.04. The van der Waals surface area contributed by atoms with E-state index >= 15 is 0 Å². The third kappa shape index (κ3) is 2.88. The minimum absolute atomic E-state index is 0.0578.